The summed E-state index contributed by atoms with van der Waals surface area (Å²) in [6, 6.07) is 19.9. The minimum Gasteiger partial charge on any atom is -0.550 e. The van der Waals surface area contributed by atoms with Gasteiger partial charge in [-0.3, -0.25) is 4.84 Å². The highest BCUT2D eigenvalue weighted by atomic mass is 16.7. The second-order valence-electron chi connectivity index (χ2n) is 5.49. The van der Waals surface area contributed by atoms with Crippen molar-refractivity contribution >= 4 is 5.97 Å². The smallest absolute Gasteiger partial charge is 0.0765 e. The number of hydrogen-bond acceptors (Lipinski definition) is 4. The minimum atomic E-state index is -1.06. The zero-order valence-electron chi connectivity index (χ0n) is 13.4. The fraction of sp³-hybridized carbons (Fsp3) is 0.316. The van der Waals surface area contributed by atoms with Gasteiger partial charge in [-0.1, -0.05) is 67.6 Å². The number of rotatable bonds is 9. The normalized spacial score (nSPS) is 12.3. The van der Waals surface area contributed by atoms with Crippen LogP contribution in [0.25, 0.3) is 0 Å². The second-order valence-corrected chi connectivity index (χ2v) is 5.49. The zero-order chi connectivity index (χ0) is 16.5. The van der Waals surface area contributed by atoms with E-state index in [4.69, 9.17) is 4.84 Å². The molecule has 0 N–H and O–H groups in total. The number of nitrogens with zero attached hydrogens (tertiary/aromatic N) is 1. The maximum absolute atomic E-state index is 11.1. The van der Waals surface area contributed by atoms with Crippen molar-refractivity contribution < 1.29 is 14.7 Å². The summed E-state index contributed by atoms with van der Waals surface area (Å²) in [5, 5.41) is 12.9. The molecule has 1 atom stereocenters. The summed E-state index contributed by atoms with van der Waals surface area (Å²) in [6.07, 6.45) is 0.493. The minimum absolute atomic E-state index is 0.124. The van der Waals surface area contributed by atoms with Gasteiger partial charge in [-0.15, -0.1) is 0 Å². The van der Waals surface area contributed by atoms with Crippen LogP contribution in [0.3, 0.4) is 0 Å². The molecule has 4 nitrogen and oxygen atoms in total. The van der Waals surface area contributed by atoms with E-state index in [1.165, 1.54) is 0 Å². The first-order valence-electron chi connectivity index (χ1n) is 7.85. The summed E-state index contributed by atoms with van der Waals surface area (Å²) in [5.74, 6) is -1.66. The molecule has 0 saturated heterocycles. The van der Waals surface area contributed by atoms with Crippen LogP contribution in [-0.4, -0.2) is 17.6 Å². The van der Waals surface area contributed by atoms with Crippen molar-refractivity contribution in [3.63, 3.8) is 0 Å². The van der Waals surface area contributed by atoms with E-state index in [1.807, 2.05) is 67.6 Å². The highest BCUT2D eigenvalue weighted by Gasteiger charge is 2.13. The Hall–Kier alpha value is -2.17. The average Bonchev–Trinajstić information content (AvgIpc) is 2.57. The van der Waals surface area contributed by atoms with E-state index in [1.54, 1.807) is 5.06 Å². The van der Waals surface area contributed by atoms with Crippen LogP contribution in [0, 0.1) is 5.92 Å². The molecule has 0 bridgehead atoms. The Morgan fingerprint density at radius 2 is 1.48 bits per heavy atom. The lowest BCUT2D eigenvalue weighted by molar-refractivity contribution is -0.315. The van der Waals surface area contributed by atoms with Gasteiger partial charge in [0.2, 0.25) is 0 Å². The molecule has 2 rings (SSSR count). The van der Waals surface area contributed by atoms with Crippen molar-refractivity contribution in [3.05, 3.63) is 71.8 Å². The number of carbonyl (C=O) groups is 1. The fourth-order valence-corrected chi connectivity index (χ4v) is 2.27. The molecule has 2 aromatic carbocycles. The Kier molecular flexibility index (Phi) is 6.78. The molecule has 0 aliphatic rings. The van der Waals surface area contributed by atoms with Gasteiger partial charge < -0.3 is 9.90 Å². The van der Waals surface area contributed by atoms with Crippen LogP contribution in [0.1, 0.15) is 24.5 Å². The molecule has 1 unspecified atom stereocenters. The topological polar surface area (TPSA) is 52.6 Å². The van der Waals surface area contributed by atoms with Gasteiger partial charge in [0.15, 0.2) is 0 Å². The van der Waals surface area contributed by atoms with Gasteiger partial charge in [-0.05, 0) is 17.5 Å². The van der Waals surface area contributed by atoms with E-state index < -0.39 is 11.9 Å². The summed E-state index contributed by atoms with van der Waals surface area (Å²) in [7, 11) is 0. The molecule has 0 heterocycles. The number of benzene rings is 2. The Morgan fingerprint density at radius 3 is 1.87 bits per heavy atom. The molecule has 0 aliphatic carbocycles. The Balaban J connectivity index is 2.03. The molecule has 4 heteroatoms. The van der Waals surface area contributed by atoms with Crippen molar-refractivity contribution in [1.82, 2.24) is 5.06 Å². The molecule has 122 valence electrons. The van der Waals surface area contributed by atoms with Crippen LogP contribution < -0.4 is 5.11 Å². The van der Waals surface area contributed by atoms with Gasteiger partial charge >= 0.3 is 0 Å². The summed E-state index contributed by atoms with van der Waals surface area (Å²) in [4.78, 5) is 16.8. The summed E-state index contributed by atoms with van der Waals surface area (Å²) >= 11 is 0. The van der Waals surface area contributed by atoms with Crippen LogP contribution in [0.4, 0.5) is 0 Å². The third kappa shape index (κ3) is 5.85. The highest BCUT2D eigenvalue weighted by molar-refractivity contribution is 5.67. The lowest BCUT2D eigenvalue weighted by Crippen LogP contribution is -2.36. The van der Waals surface area contributed by atoms with Crippen LogP contribution in [0.2, 0.25) is 0 Å². The number of hydrogen-bond donors (Lipinski definition) is 0. The van der Waals surface area contributed by atoms with Crippen molar-refractivity contribution in [3.8, 4) is 0 Å². The third-order valence-corrected chi connectivity index (χ3v) is 3.69. The monoisotopic (exact) mass is 312 g/mol. The number of carboxylic acids is 1. The first kappa shape index (κ1) is 17.2. The Labute approximate surface area is 137 Å². The molecule has 0 fully saturated rings. The summed E-state index contributed by atoms with van der Waals surface area (Å²) in [6.45, 7) is 3.14. The number of hydroxylamine groups is 2. The summed E-state index contributed by atoms with van der Waals surface area (Å²) in [5.41, 5.74) is 2.23. The second kappa shape index (κ2) is 9.08. The molecule has 0 spiro atoms. The maximum Gasteiger partial charge on any atom is 0.0765 e. The summed E-state index contributed by atoms with van der Waals surface area (Å²) < 4.78 is 0. The third-order valence-electron chi connectivity index (χ3n) is 3.69. The number of carboxylic acid groups (broad SMARTS) is 1. The fourth-order valence-electron chi connectivity index (χ4n) is 2.27. The molecule has 2 aromatic rings. The van der Waals surface area contributed by atoms with Gasteiger partial charge in [0.25, 0.3) is 0 Å². The predicted octanol–water partition coefficient (Wildman–Crippen LogP) is 2.40. The molecule has 0 amide bonds. The quantitative estimate of drug-likeness (QED) is 0.667. The zero-order valence-corrected chi connectivity index (χ0v) is 13.4. The first-order chi connectivity index (χ1) is 11.2. The molecule has 0 saturated carbocycles. The molecular formula is C19H22NO3-. The van der Waals surface area contributed by atoms with Gasteiger partial charge in [-0.25, -0.2) is 0 Å². The molecule has 0 aromatic heterocycles. The van der Waals surface area contributed by atoms with E-state index in [9.17, 15) is 9.90 Å². The SMILES string of the molecule is CCC(CON(Cc1ccccc1)Cc1ccccc1)C(=O)[O-]. The molecular weight excluding hydrogens is 290 g/mol. The van der Waals surface area contributed by atoms with E-state index >= 15 is 0 Å². The van der Waals surface area contributed by atoms with E-state index in [0.717, 1.165) is 11.1 Å². The van der Waals surface area contributed by atoms with Gasteiger partial charge in [-0.2, -0.15) is 5.06 Å². The largest absolute Gasteiger partial charge is 0.550 e. The van der Waals surface area contributed by atoms with Gasteiger partial charge in [0, 0.05) is 25.0 Å². The average molecular weight is 312 g/mol. The lowest BCUT2D eigenvalue weighted by Gasteiger charge is -2.25. The Bertz CT molecular complexity index is 545. The van der Waals surface area contributed by atoms with Gasteiger partial charge in [0.1, 0.15) is 0 Å². The van der Waals surface area contributed by atoms with Crippen LogP contribution >= 0.6 is 0 Å². The van der Waals surface area contributed by atoms with Crippen molar-refractivity contribution in [2.45, 2.75) is 26.4 Å². The molecule has 0 radical (unpaired) electrons. The lowest BCUT2D eigenvalue weighted by atomic mass is 10.1. The van der Waals surface area contributed by atoms with E-state index in [-0.39, 0.29) is 6.61 Å². The highest BCUT2D eigenvalue weighted by Crippen LogP contribution is 2.12. The maximum atomic E-state index is 11.1. The van der Waals surface area contributed by atoms with E-state index in [2.05, 4.69) is 0 Å². The van der Waals surface area contributed by atoms with Crippen LogP contribution in [-0.2, 0) is 22.7 Å². The van der Waals surface area contributed by atoms with Crippen LogP contribution in [0.15, 0.2) is 60.7 Å². The van der Waals surface area contributed by atoms with Crippen molar-refractivity contribution in [2.75, 3.05) is 6.61 Å². The van der Waals surface area contributed by atoms with E-state index in [0.29, 0.717) is 19.5 Å². The van der Waals surface area contributed by atoms with Crippen molar-refractivity contribution in [2.24, 2.45) is 5.92 Å². The predicted molar refractivity (Wildman–Crippen MR) is 86.9 cm³/mol. The van der Waals surface area contributed by atoms with Crippen molar-refractivity contribution in [1.29, 1.82) is 0 Å². The van der Waals surface area contributed by atoms with Crippen LogP contribution in [0.5, 0.6) is 0 Å². The number of carbonyl (C=O) groups excluding carboxylic acids is 1. The number of aliphatic carboxylic acids is 1. The van der Waals surface area contributed by atoms with Gasteiger partial charge in [0.05, 0.1) is 6.61 Å². The Morgan fingerprint density at radius 1 is 1.00 bits per heavy atom. The first-order valence-corrected chi connectivity index (χ1v) is 7.85. The molecule has 23 heavy (non-hydrogen) atoms. The standard InChI is InChI=1S/C19H23NO3/c1-2-18(19(21)22)15-23-20(13-16-9-5-3-6-10-16)14-17-11-7-4-8-12-17/h3-12,18H,2,13-15H2,1H3,(H,21,22)/p-1. The molecule has 0 aliphatic heterocycles.